The number of nitrogens with zero attached hydrogens (tertiary/aromatic N) is 1. The van der Waals surface area contributed by atoms with Crippen LogP contribution in [0.2, 0.25) is 5.02 Å². The Balaban J connectivity index is 1.79. The summed E-state index contributed by atoms with van der Waals surface area (Å²) < 4.78 is 0. The highest BCUT2D eigenvalue weighted by atomic mass is 35.5. The molecule has 132 valence electrons. The molecule has 0 radical (unpaired) electrons. The number of benzene rings is 3. The van der Waals surface area contributed by atoms with Gasteiger partial charge in [-0.05, 0) is 46.7 Å². The maximum atomic E-state index is 12.3. The van der Waals surface area contributed by atoms with E-state index in [1.165, 1.54) is 24.3 Å². The van der Waals surface area contributed by atoms with E-state index in [-0.39, 0.29) is 11.3 Å². The monoisotopic (exact) mass is 375 g/mol. The molecule has 0 aliphatic rings. The molecule has 0 saturated heterocycles. The zero-order valence-electron chi connectivity index (χ0n) is 14.1. The molecule has 3 rings (SSSR count). The van der Waals surface area contributed by atoms with Gasteiger partial charge >= 0.3 is 0 Å². The average molecular weight is 376 g/mol. The van der Waals surface area contributed by atoms with E-state index in [4.69, 9.17) is 16.9 Å². The van der Waals surface area contributed by atoms with Crippen molar-refractivity contribution in [3.8, 4) is 6.19 Å². The fourth-order valence-corrected chi connectivity index (χ4v) is 2.77. The van der Waals surface area contributed by atoms with Gasteiger partial charge in [0.1, 0.15) is 0 Å². The fourth-order valence-electron chi connectivity index (χ4n) is 2.59. The van der Waals surface area contributed by atoms with Gasteiger partial charge in [0.15, 0.2) is 6.19 Å². The van der Waals surface area contributed by atoms with Crippen molar-refractivity contribution < 1.29 is 9.59 Å². The molecular weight excluding hydrogens is 362 g/mol. The molecular formula is C21H14ClN3O2. The molecule has 6 heteroatoms. The summed E-state index contributed by atoms with van der Waals surface area (Å²) in [4.78, 5) is 24.2. The van der Waals surface area contributed by atoms with Gasteiger partial charge in [0.2, 0.25) is 5.91 Å². The molecule has 27 heavy (non-hydrogen) atoms. The third kappa shape index (κ3) is 4.51. The number of halogens is 1. The van der Waals surface area contributed by atoms with Gasteiger partial charge in [-0.1, -0.05) is 48.0 Å². The summed E-state index contributed by atoms with van der Waals surface area (Å²) in [6, 6.07) is 18.2. The number of anilines is 1. The summed E-state index contributed by atoms with van der Waals surface area (Å²) in [5, 5.41) is 15.8. The van der Waals surface area contributed by atoms with Crippen molar-refractivity contribution in [2.45, 2.75) is 0 Å². The molecule has 0 spiro atoms. The fraction of sp³-hybridized carbons (Fsp3) is 0. The van der Waals surface area contributed by atoms with E-state index in [0.717, 1.165) is 16.3 Å². The molecule has 0 atom stereocenters. The second kappa shape index (κ2) is 8.17. The summed E-state index contributed by atoms with van der Waals surface area (Å²) in [6.07, 6.45) is 4.62. The lowest BCUT2D eigenvalue weighted by Gasteiger charge is -2.08. The van der Waals surface area contributed by atoms with Crippen molar-refractivity contribution >= 4 is 46.0 Å². The molecule has 0 bridgehead atoms. The highest BCUT2D eigenvalue weighted by Gasteiger charge is 2.13. The predicted molar refractivity (Wildman–Crippen MR) is 106 cm³/mol. The summed E-state index contributed by atoms with van der Waals surface area (Å²) in [5.74, 6) is -1.04. The molecule has 5 nitrogen and oxygen atoms in total. The third-order valence-electron chi connectivity index (χ3n) is 3.85. The first kappa shape index (κ1) is 18.2. The second-order valence-corrected chi connectivity index (χ2v) is 6.12. The molecule has 0 fully saturated rings. The van der Waals surface area contributed by atoms with Crippen LogP contribution in [0, 0.1) is 11.5 Å². The van der Waals surface area contributed by atoms with Gasteiger partial charge in [-0.15, -0.1) is 0 Å². The minimum atomic E-state index is -0.622. The normalized spacial score (nSPS) is 10.5. The molecule has 0 aromatic heterocycles. The highest BCUT2D eigenvalue weighted by Crippen LogP contribution is 2.21. The largest absolute Gasteiger partial charge is 0.322 e. The Morgan fingerprint density at radius 1 is 1.00 bits per heavy atom. The Kier molecular flexibility index (Phi) is 5.50. The van der Waals surface area contributed by atoms with E-state index in [2.05, 4.69) is 5.32 Å². The predicted octanol–water partition coefficient (Wildman–Crippen LogP) is 4.36. The van der Waals surface area contributed by atoms with E-state index < -0.39 is 11.8 Å². The molecule has 0 unspecified atom stereocenters. The molecule has 0 aliphatic heterocycles. The Morgan fingerprint density at radius 3 is 2.56 bits per heavy atom. The summed E-state index contributed by atoms with van der Waals surface area (Å²) in [7, 11) is 0. The highest BCUT2D eigenvalue weighted by molar-refractivity contribution is 6.31. The van der Waals surface area contributed by atoms with Crippen LogP contribution in [0.15, 0.2) is 66.7 Å². The number of carbonyl (C=O) groups excluding carboxylic acids is 2. The number of amides is 2. The van der Waals surface area contributed by atoms with Crippen LogP contribution < -0.4 is 10.6 Å². The second-order valence-electron chi connectivity index (χ2n) is 5.69. The number of hydrogen-bond acceptors (Lipinski definition) is 3. The molecule has 3 aromatic rings. The van der Waals surface area contributed by atoms with Gasteiger partial charge in [-0.3, -0.25) is 14.9 Å². The zero-order chi connectivity index (χ0) is 19.2. The lowest BCUT2D eigenvalue weighted by molar-refractivity contribution is -0.111. The molecule has 0 saturated carbocycles. The quantitative estimate of drug-likeness (QED) is 0.404. The van der Waals surface area contributed by atoms with Crippen molar-refractivity contribution in [2.75, 3.05) is 5.32 Å². The van der Waals surface area contributed by atoms with Crippen molar-refractivity contribution in [3.63, 3.8) is 0 Å². The van der Waals surface area contributed by atoms with Crippen molar-refractivity contribution in [2.24, 2.45) is 0 Å². The first-order valence-corrected chi connectivity index (χ1v) is 8.41. The number of fused-ring (bicyclic) bond motifs is 1. The molecule has 2 N–H and O–H groups in total. The summed E-state index contributed by atoms with van der Waals surface area (Å²) >= 11 is 5.94. The number of carbonyl (C=O) groups is 2. The number of nitrogens with one attached hydrogen (secondary N) is 2. The lowest BCUT2D eigenvalue weighted by atomic mass is 10.1. The Bertz CT molecular complexity index is 1100. The van der Waals surface area contributed by atoms with Crippen LogP contribution in [0.25, 0.3) is 16.8 Å². The first-order valence-electron chi connectivity index (χ1n) is 8.03. The number of rotatable bonds is 4. The number of hydrogen-bond donors (Lipinski definition) is 2. The van der Waals surface area contributed by atoms with Gasteiger partial charge in [0.25, 0.3) is 5.91 Å². The average Bonchev–Trinajstić information content (AvgIpc) is 2.66. The Hall–Kier alpha value is -3.62. The van der Waals surface area contributed by atoms with E-state index in [0.29, 0.717) is 5.02 Å². The Morgan fingerprint density at radius 2 is 1.78 bits per heavy atom. The third-order valence-corrected chi connectivity index (χ3v) is 4.09. The van der Waals surface area contributed by atoms with Crippen molar-refractivity contribution in [1.82, 2.24) is 5.32 Å². The standard InChI is InChI=1S/C21H14ClN3O2/c22-17-8-9-18(21(27)24-13-23)19(12-17)25-20(26)10-6-14-5-7-15-3-1-2-4-16(15)11-14/h1-12H,(H,24,27)(H,25,26)/b10-6+. The zero-order valence-corrected chi connectivity index (χ0v) is 14.8. The summed E-state index contributed by atoms with van der Waals surface area (Å²) in [6.45, 7) is 0. The van der Waals surface area contributed by atoms with Crippen LogP contribution in [0.5, 0.6) is 0 Å². The molecule has 0 aliphatic carbocycles. The molecule has 3 aromatic carbocycles. The van der Waals surface area contributed by atoms with Gasteiger partial charge in [-0.2, -0.15) is 5.26 Å². The smallest absolute Gasteiger partial charge is 0.266 e. The number of nitriles is 1. The van der Waals surface area contributed by atoms with Crippen LogP contribution in [0.3, 0.4) is 0 Å². The topological polar surface area (TPSA) is 82.0 Å². The van der Waals surface area contributed by atoms with Gasteiger partial charge in [0, 0.05) is 11.1 Å². The van der Waals surface area contributed by atoms with Gasteiger partial charge in [-0.25, -0.2) is 0 Å². The van der Waals surface area contributed by atoms with Crippen molar-refractivity contribution in [1.29, 1.82) is 5.26 Å². The van der Waals surface area contributed by atoms with Crippen LogP contribution in [0.4, 0.5) is 5.69 Å². The summed E-state index contributed by atoms with van der Waals surface area (Å²) in [5.41, 5.74) is 1.24. The maximum Gasteiger partial charge on any atom is 0.266 e. The molecule has 0 heterocycles. The van der Waals surface area contributed by atoms with Crippen LogP contribution in [-0.2, 0) is 4.79 Å². The van der Waals surface area contributed by atoms with Crippen molar-refractivity contribution in [3.05, 3.63) is 82.9 Å². The van der Waals surface area contributed by atoms with E-state index in [1.54, 1.807) is 12.3 Å². The minimum Gasteiger partial charge on any atom is -0.322 e. The molecule has 2 amide bonds. The van der Waals surface area contributed by atoms with Crippen LogP contribution >= 0.6 is 11.6 Å². The maximum absolute atomic E-state index is 12.3. The van der Waals surface area contributed by atoms with Crippen LogP contribution in [0.1, 0.15) is 15.9 Å². The van der Waals surface area contributed by atoms with Crippen LogP contribution in [-0.4, -0.2) is 11.8 Å². The van der Waals surface area contributed by atoms with E-state index in [1.807, 2.05) is 47.8 Å². The van der Waals surface area contributed by atoms with E-state index >= 15 is 0 Å². The van der Waals surface area contributed by atoms with Gasteiger partial charge in [0.05, 0.1) is 11.3 Å². The minimum absolute atomic E-state index is 0.147. The Labute approximate surface area is 160 Å². The van der Waals surface area contributed by atoms with Gasteiger partial charge < -0.3 is 5.32 Å². The SMILES string of the molecule is N#CNC(=O)c1ccc(Cl)cc1NC(=O)/C=C/c1ccc2ccccc2c1. The van der Waals surface area contributed by atoms with E-state index in [9.17, 15) is 9.59 Å². The first-order chi connectivity index (χ1) is 13.1. The lowest BCUT2D eigenvalue weighted by Crippen LogP contribution is -2.20.